The van der Waals surface area contributed by atoms with Gasteiger partial charge in [-0.2, -0.15) is 0 Å². The van der Waals surface area contributed by atoms with Crippen molar-refractivity contribution in [2.24, 2.45) is 0 Å². The number of aliphatic hydroxyl groups excluding tert-OH is 2. The van der Waals surface area contributed by atoms with Crippen molar-refractivity contribution in [3.8, 4) is 0 Å². The number of ether oxygens (including phenoxy) is 1. The molecule has 0 aliphatic rings. The number of amides is 1. The second-order valence-electron chi connectivity index (χ2n) is 14.0. The zero-order valence-electron chi connectivity index (χ0n) is 32.2. The fourth-order valence-electron chi connectivity index (χ4n) is 5.91. The average Bonchev–Trinajstić information content (AvgIpc) is 3.10. The first kappa shape index (κ1) is 47.1. The number of rotatable bonds is 37. The number of hydrogen-bond donors (Lipinski definition) is 3. The number of carbonyl (C=O) groups is 2. The van der Waals surface area contributed by atoms with Gasteiger partial charge in [0.25, 0.3) is 0 Å². The lowest BCUT2D eigenvalue weighted by molar-refractivity contribution is -0.143. The summed E-state index contributed by atoms with van der Waals surface area (Å²) >= 11 is 0. The molecule has 0 fully saturated rings. The number of carbonyl (C=O) groups excluding carboxylic acids is 2. The molecule has 0 aromatic carbocycles. The molecule has 0 saturated carbocycles. The molecule has 1 amide bonds. The summed E-state index contributed by atoms with van der Waals surface area (Å²) in [4.78, 5) is 24.3. The molecule has 0 saturated heterocycles. The fraction of sp³-hybridized carbons (Fsp3) is 0.814. The second-order valence-corrected chi connectivity index (χ2v) is 14.0. The topological polar surface area (TPSA) is 95.9 Å². The molecular weight excluding hydrogens is 610 g/mol. The van der Waals surface area contributed by atoms with E-state index in [0.29, 0.717) is 25.9 Å². The van der Waals surface area contributed by atoms with E-state index in [-0.39, 0.29) is 18.5 Å². The largest absolute Gasteiger partial charge is 0.466 e. The summed E-state index contributed by atoms with van der Waals surface area (Å²) in [6.45, 7) is 4.75. The van der Waals surface area contributed by atoms with E-state index in [1.165, 1.54) is 83.5 Å². The van der Waals surface area contributed by atoms with E-state index in [1.807, 2.05) is 0 Å². The van der Waals surface area contributed by atoms with Crippen molar-refractivity contribution in [3.05, 3.63) is 36.5 Å². The van der Waals surface area contributed by atoms with Crippen LogP contribution in [-0.4, -0.2) is 47.4 Å². The molecule has 0 aliphatic carbocycles. The highest BCUT2D eigenvalue weighted by molar-refractivity contribution is 5.76. The van der Waals surface area contributed by atoms with E-state index in [2.05, 4.69) is 55.6 Å². The van der Waals surface area contributed by atoms with E-state index >= 15 is 0 Å². The lowest BCUT2D eigenvalue weighted by Gasteiger charge is -2.22. The maximum Gasteiger partial charge on any atom is 0.305 e. The number of aliphatic hydroxyl groups is 2. The Balaban J connectivity index is 3.58. The zero-order chi connectivity index (χ0) is 35.9. The van der Waals surface area contributed by atoms with Crippen molar-refractivity contribution in [2.45, 2.75) is 212 Å². The summed E-state index contributed by atoms with van der Waals surface area (Å²) in [6, 6.07) is -0.578. The van der Waals surface area contributed by atoms with Gasteiger partial charge >= 0.3 is 5.97 Å². The van der Waals surface area contributed by atoms with E-state index < -0.39 is 12.1 Å². The molecule has 49 heavy (non-hydrogen) atoms. The number of allylic oxidation sites excluding steroid dienone is 6. The highest BCUT2D eigenvalue weighted by atomic mass is 16.5. The van der Waals surface area contributed by atoms with Gasteiger partial charge in [-0.3, -0.25) is 9.59 Å². The van der Waals surface area contributed by atoms with Gasteiger partial charge < -0.3 is 20.3 Å². The smallest absolute Gasteiger partial charge is 0.305 e. The van der Waals surface area contributed by atoms with Crippen LogP contribution in [0.15, 0.2) is 36.5 Å². The van der Waals surface area contributed by atoms with E-state index in [4.69, 9.17) is 4.74 Å². The van der Waals surface area contributed by atoms with Gasteiger partial charge in [0, 0.05) is 12.8 Å². The van der Waals surface area contributed by atoms with Crippen molar-refractivity contribution in [1.82, 2.24) is 5.32 Å². The molecule has 0 aliphatic heterocycles. The average molecular weight is 690 g/mol. The van der Waals surface area contributed by atoms with Gasteiger partial charge in [0.15, 0.2) is 0 Å². The normalized spacial score (nSPS) is 13.1. The first-order valence-electron chi connectivity index (χ1n) is 20.7. The predicted octanol–water partition coefficient (Wildman–Crippen LogP) is 11.4. The molecule has 0 rings (SSSR count). The summed E-state index contributed by atoms with van der Waals surface area (Å²) in [7, 11) is 0. The van der Waals surface area contributed by atoms with Gasteiger partial charge in [0.05, 0.1) is 25.4 Å². The third-order valence-electron chi connectivity index (χ3n) is 9.14. The van der Waals surface area contributed by atoms with Crippen molar-refractivity contribution in [2.75, 3.05) is 13.2 Å². The van der Waals surface area contributed by atoms with E-state index in [1.54, 1.807) is 0 Å². The summed E-state index contributed by atoms with van der Waals surface area (Å²) in [5, 5.41) is 23.0. The Hall–Kier alpha value is -1.92. The number of unbranched alkanes of at least 4 members (excludes halogenated alkanes) is 20. The second kappa shape index (κ2) is 38.9. The van der Waals surface area contributed by atoms with Crippen LogP contribution in [0.2, 0.25) is 0 Å². The predicted molar refractivity (Wildman–Crippen MR) is 209 cm³/mol. The minimum absolute atomic E-state index is 0.0527. The van der Waals surface area contributed by atoms with Crippen LogP contribution in [0.5, 0.6) is 0 Å². The highest BCUT2D eigenvalue weighted by Gasteiger charge is 2.19. The monoisotopic (exact) mass is 690 g/mol. The van der Waals surface area contributed by atoms with Gasteiger partial charge in [0.2, 0.25) is 5.91 Å². The Kier molecular flexibility index (Phi) is 37.4. The van der Waals surface area contributed by atoms with Crippen LogP contribution in [0.25, 0.3) is 0 Å². The Morgan fingerprint density at radius 1 is 0.571 bits per heavy atom. The Morgan fingerprint density at radius 2 is 1.08 bits per heavy atom. The van der Waals surface area contributed by atoms with Gasteiger partial charge in [0.1, 0.15) is 0 Å². The van der Waals surface area contributed by atoms with Crippen molar-refractivity contribution in [3.63, 3.8) is 0 Å². The molecular formula is C43H79NO5. The minimum atomic E-state index is -0.694. The van der Waals surface area contributed by atoms with Crippen molar-refractivity contribution in [1.29, 1.82) is 0 Å². The number of esters is 1. The molecule has 0 aromatic heterocycles. The van der Waals surface area contributed by atoms with Crippen LogP contribution in [0, 0.1) is 0 Å². The van der Waals surface area contributed by atoms with Crippen LogP contribution < -0.4 is 5.32 Å². The minimum Gasteiger partial charge on any atom is -0.466 e. The maximum atomic E-state index is 12.3. The Morgan fingerprint density at radius 3 is 1.69 bits per heavy atom. The third-order valence-corrected chi connectivity index (χ3v) is 9.14. The van der Waals surface area contributed by atoms with E-state index in [9.17, 15) is 19.8 Å². The van der Waals surface area contributed by atoms with Gasteiger partial charge in [-0.15, -0.1) is 0 Å². The molecule has 3 N–H and O–H groups in total. The van der Waals surface area contributed by atoms with Crippen LogP contribution in [0.4, 0.5) is 0 Å². The lowest BCUT2D eigenvalue weighted by Crippen LogP contribution is -2.45. The molecule has 2 atom stereocenters. The zero-order valence-corrected chi connectivity index (χ0v) is 32.2. The standard InChI is InChI=1S/C43H79NO5/c1-3-5-7-9-11-13-15-16-17-21-25-29-33-37-43(48)49-38-34-30-26-22-18-20-24-28-32-36-42(47)44-40(39-45)41(46)35-31-27-23-19-14-12-10-8-6-4-2/h7,9,13,15,20,24,40-41,45-46H,3-6,8,10-12,14,16-19,21-23,25-39H2,1-2H3,(H,44,47)/b9-7-,15-13-,24-20-. The fourth-order valence-corrected chi connectivity index (χ4v) is 5.91. The Bertz CT molecular complexity index is 808. The van der Waals surface area contributed by atoms with Crippen LogP contribution >= 0.6 is 0 Å². The maximum absolute atomic E-state index is 12.3. The Labute approximate surface area is 303 Å². The first-order valence-corrected chi connectivity index (χ1v) is 20.7. The molecule has 0 bridgehead atoms. The van der Waals surface area contributed by atoms with Crippen molar-refractivity contribution < 1.29 is 24.5 Å². The lowest BCUT2D eigenvalue weighted by atomic mass is 10.0. The molecule has 286 valence electrons. The third kappa shape index (κ3) is 35.7. The SMILES string of the molecule is CCC/C=C\C/C=C\CCCCCCCC(=O)OCCCCCC/C=C\CCCC(=O)NC(CO)C(O)CCCCCCCCCCCC. The summed E-state index contributed by atoms with van der Waals surface area (Å²) < 4.78 is 5.40. The molecule has 0 radical (unpaired) electrons. The van der Waals surface area contributed by atoms with Crippen LogP contribution in [0.1, 0.15) is 200 Å². The quantitative estimate of drug-likeness (QED) is 0.0343. The molecule has 2 unspecified atom stereocenters. The van der Waals surface area contributed by atoms with E-state index in [0.717, 1.165) is 83.5 Å². The molecule has 0 heterocycles. The van der Waals surface area contributed by atoms with Gasteiger partial charge in [-0.1, -0.05) is 153 Å². The van der Waals surface area contributed by atoms with Crippen LogP contribution in [0.3, 0.4) is 0 Å². The molecule has 6 heteroatoms. The van der Waals surface area contributed by atoms with Crippen molar-refractivity contribution >= 4 is 11.9 Å². The highest BCUT2D eigenvalue weighted by Crippen LogP contribution is 2.14. The summed E-state index contributed by atoms with van der Waals surface area (Å²) in [6.07, 6.45) is 43.8. The number of nitrogens with one attached hydrogen (secondary N) is 1. The summed E-state index contributed by atoms with van der Waals surface area (Å²) in [5.41, 5.74) is 0. The molecule has 0 aromatic rings. The first-order chi connectivity index (χ1) is 24.0. The molecule has 0 spiro atoms. The number of hydrogen-bond acceptors (Lipinski definition) is 5. The molecule has 6 nitrogen and oxygen atoms in total. The summed E-state index contributed by atoms with van der Waals surface area (Å²) in [5.74, 6) is -0.154. The van der Waals surface area contributed by atoms with Gasteiger partial charge in [-0.25, -0.2) is 0 Å². The van der Waals surface area contributed by atoms with Gasteiger partial charge in [-0.05, 0) is 70.6 Å². The van der Waals surface area contributed by atoms with Crippen LogP contribution in [-0.2, 0) is 14.3 Å².